The van der Waals surface area contributed by atoms with Gasteiger partial charge in [-0.1, -0.05) is 26.0 Å². The lowest BCUT2D eigenvalue weighted by Gasteiger charge is -2.12. The number of unbranched alkanes of at least 4 members (excludes halogenated alkanes) is 1. The molecule has 1 heterocycles. The van der Waals surface area contributed by atoms with Crippen molar-refractivity contribution in [2.24, 2.45) is 0 Å². The molecule has 1 aromatic rings. The average Bonchev–Trinajstić information content (AvgIpc) is 2.38. The Morgan fingerprint density at radius 1 is 1.59 bits per heavy atom. The van der Waals surface area contributed by atoms with Gasteiger partial charge in [-0.2, -0.15) is 0 Å². The number of carbonyl (C=O) groups excluding carboxylic acids is 1. The summed E-state index contributed by atoms with van der Waals surface area (Å²) in [5, 5.41) is 9.85. The highest BCUT2D eigenvalue weighted by Gasteiger charge is 2.20. The molecule has 0 saturated carbocycles. The molecular weight excluding hydrogens is 218 g/mol. The number of hydrogen-bond acceptors (Lipinski definition) is 4. The first-order chi connectivity index (χ1) is 8.16. The second-order valence-corrected chi connectivity index (χ2v) is 3.67. The van der Waals surface area contributed by atoms with Crippen LogP contribution >= 0.6 is 0 Å². The third-order valence-corrected chi connectivity index (χ3v) is 2.29. The van der Waals surface area contributed by atoms with Gasteiger partial charge in [0.2, 0.25) is 0 Å². The van der Waals surface area contributed by atoms with Gasteiger partial charge in [0.05, 0.1) is 17.9 Å². The molecule has 0 aromatic carbocycles. The molecule has 4 nitrogen and oxygen atoms in total. The highest BCUT2D eigenvalue weighted by molar-refractivity contribution is 5.88. The van der Waals surface area contributed by atoms with Crippen molar-refractivity contribution in [1.29, 1.82) is 0 Å². The van der Waals surface area contributed by atoms with Crippen molar-refractivity contribution in [3.05, 3.63) is 42.2 Å². The first kappa shape index (κ1) is 13.4. The molecule has 92 valence electrons. The third kappa shape index (κ3) is 4.00. The van der Waals surface area contributed by atoms with Crippen LogP contribution in [0, 0.1) is 0 Å². The molecular formula is C13H17NO3. The summed E-state index contributed by atoms with van der Waals surface area (Å²) >= 11 is 0. The molecule has 0 saturated heterocycles. The van der Waals surface area contributed by atoms with Crippen molar-refractivity contribution < 1.29 is 14.6 Å². The Kier molecular flexibility index (Phi) is 5.36. The van der Waals surface area contributed by atoms with Gasteiger partial charge in [-0.3, -0.25) is 4.98 Å². The highest BCUT2D eigenvalue weighted by Crippen LogP contribution is 2.18. The van der Waals surface area contributed by atoms with Gasteiger partial charge in [-0.05, 0) is 18.6 Å². The van der Waals surface area contributed by atoms with Crippen LogP contribution in [0.2, 0.25) is 0 Å². The second kappa shape index (κ2) is 6.81. The molecule has 0 spiro atoms. The van der Waals surface area contributed by atoms with Crippen LogP contribution in [0.5, 0.6) is 0 Å². The predicted octanol–water partition coefficient (Wildman–Crippen LogP) is 2.01. The van der Waals surface area contributed by atoms with E-state index in [9.17, 15) is 9.90 Å². The van der Waals surface area contributed by atoms with Gasteiger partial charge in [0.1, 0.15) is 6.10 Å². The monoisotopic (exact) mass is 235 g/mol. The summed E-state index contributed by atoms with van der Waals surface area (Å²) in [6, 6.07) is 5.11. The number of aliphatic hydroxyl groups excluding tert-OH is 1. The third-order valence-electron chi connectivity index (χ3n) is 2.29. The van der Waals surface area contributed by atoms with Gasteiger partial charge in [-0.15, -0.1) is 0 Å². The second-order valence-electron chi connectivity index (χ2n) is 3.67. The molecule has 0 amide bonds. The number of carbonyl (C=O) groups is 1. The lowest BCUT2D eigenvalue weighted by atomic mass is 10.1. The topological polar surface area (TPSA) is 59.4 Å². The largest absolute Gasteiger partial charge is 0.462 e. The van der Waals surface area contributed by atoms with Crippen LogP contribution in [0.3, 0.4) is 0 Å². The molecule has 4 heteroatoms. The standard InChI is InChI=1S/C13H17NO3/c1-3-4-9-17-13(16)10(2)12(15)11-7-5-6-8-14-11/h5-8,12,15H,2-4,9H2,1H3. The molecule has 0 fully saturated rings. The quantitative estimate of drug-likeness (QED) is 0.465. The molecule has 0 aliphatic heterocycles. The molecule has 0 aliphatic rings. The number of pyridine rings is 1. The summed E-state index contributed by atoms with van der Waals surface area (Å²) in [5.41, 5.74) is 0.407. The van der Waals surface area contributed by atoms with Crippen LogP contribution in [0.25, 0.3) is 0 Å². The normalized spacial score (nSPS) is 11.9. The van der Waals surface area contributed by atoms with Gasteiger partial charge in [0, 0.05) is 6.20 Å². The molecule has 1 rings (SSSR count). The molecule has 0 bridgehead atoms. The number of esters is 1. The van der Waals surface area contributed by atoms with E-state index in [0.29, 0.717) is 12.3 Å². The minimum Gasteiger partial charge on any atom is -0.462 e. The van der Waals surface area contributed by atoms with E-state index in [2.05, 4.69) is 11.6 Å². The first-order valence-corrected chi connectivity index (χ1v) is 5.61. The number of hydrogen-bond donors (Lipinski definition) is 1. The summed E-state index contributed by atoms with van der Waals surface area (Å²) in [4.78, 5) is 15.5. The molecule has 1 aromatic heterocycles. The zero-order valence-corrected chi connectivity index (χ0v) is 9.93. The Balaban J connectivity index is 2.55. The van der Waals surface area contributed by atoms with Crippen LogP contribution in [0.4, 0.5) is 0 Å². The maximum atomic E-state index is 11.5. The first-order valence-electron chi connectivity index (χ1n) is 5.61. The summed E-state index contributed by atoms with van der Waals surface area (Å²) in [5.74, 6) is -0.573. The number of rotatable bonds is 6. The van der Waals surface area contributed by atoms with Crippen molar-refractivity contribution in [3.63, 3.8) is 0 Å². The fourth-order valence-electron chi connectivity index (χ4n) is 1.23. The SMILES string of the molecule is C=C(C(=O)OCCCC)C(O)c1ccccn1. The Morgan fingerprint density at radius 2 is 2.35 bits per heavy atom. The predicted molar refractivity (Wildman–Crippen MR) is 64.2 cm³/mol. The lowest BCUT2D eigenvalue weighted by molar-refractivity contribution is -0.140. The Labute approximate surface area is 101 Å². The summed E-state index contributed by atoms with van der Waals surface area (Å²) in [7, 11) is 0. The molecule has 0 radical (unpaired) electrons. The van der Waals surface area contributed by atoms with Gasteiger partial charge in [-0.25, -0.2) is 4.79 Å². The number of aromatic nitrogens is 1. The van der Waals surface area contributed by atoms with Crippen LogP contribution in [0.1, 0.15) is 31.6 Å². The Hall–Kier alpha value is -1.68. The van der Waals surface area contributed by atoms with Crippen molar-refractivity contribution in [1.82, 2.24) is 4.98 Å². The van der Waals surface area contributed by atoms with Crippen LogP contribution in [0.15, 0.2) is 36.5 Å². The van der Waals surface area contributed by atoms with E-state index in [-0.39, 0.29) is 5.57 Å². The lowest BCUT2D eigenvalue weighted by Crippen LogP contribution is -2.15. The van der Waals surface area contributed by atoms with Gasteiger partial charge >= 0.3 is 5.97 Å². The van der Waals surface area contributed by atoms with E-state index >= 15 is 0 Å². The number of nitrogens with zero attached hydrogens (tertiary/aromatic N) is 1. The summed E-state index contributed by atoms with van der Waals surface area (Å²) < 4.78 is 4.96. The fraction of sp³-hybridized carbons (Fsp3) is 0.385. The van der Waals surface area contributed by atoms with Crippen LogP contribution in [-0.4, -0.2) is 22.7 Å². The maximum absolute atomic E-state index is 11.5. The van der Waals surface area contributed by atoms with Crippen molar-refractivity contribution in [3.8, 4) is 0 Å². The van der Waals surface area contributed by atoms with Crippen molar-refractivity contribution >= 4 is 5.97 Å². The summed E-state index contributed by atoms with van der Waals surface area (Å²) in [6.45, 7) is 5.90. The molecule has 0 aliphatic carbocycles. The zero-order valence-electron chi connectivity index (χ0n) is 9.93. The number of ether oxygens (including phenoxy) is 1. The van der Waals surface area contributed by atoms with E-state index in [0.717, 1.165) is 12.8 Å². The fourth-order valence-corrected chi connectivity index (χ4v) is 1.23. The molecule has 17 heavy (non-hydrogen) atoms. The smallest absolute Gasteiger partial charge is 0.336 e. The Morgan fingerprint density at radius 3 is 2.94 bits per heavy atom. The zero-order chi connectivity index (χ0) is 12.7. The minimum atomic E-state index is -1.11. The van der Waals surface area contributed by atoms with E-state index in [1.807, 2.05) is 6.92 Å². The van der Waals surface area contributed by atoms with Crippen molar-refractivity contribution in [2.75, 3.05) is 6.61 Å². The van der Waals surface area contributed by atoms with Gasteiger partial charge in [0.25, 0.3) is 0 Å². The van der Waals surface area contributed by atoms with Crippen LogP contribution in [-0.2, 0) is 9.53 Å². The van der Waals surface area contributed by atoms with Crippen molar-refractivity contribution in [2.45, 2.75) is 25.9 Å². The average molecular weight is 235 g/mol. The van der Waals surface area contributed by atoms with E-state index in [4.69, 9.17) is 4.74 Å². The van der Waals surface area contributed by atoms with Gasteiger partial charge < -0.3 is 9.84 Å². The number of aliphatic hydroxyl groups is 1. The molecule has 1 unspecified atom stereocenters. The van der Waals surface area contributed by atoms with Gasteiger partial charge in [0.15, 0.2) is 0 Å². The van der Waals surface area contributed by atoms with E-state index in [1.165, 1.54) is 0 Å². The maximum Gasteiger partial charge on any atom is 0.336 e. The van der Waals surface area contributed by atoms with E-state index in [1.54, 1.807) is 24.4 Å². The summed E-state index contributed by atoms with van der Waals surface area (Å²) in [6.07, 6.45) is 2.19. The van der Waals surface area contributed by atoms with E-state index < -0.39 is 12.1 Å². The minimum absolute atomic E-state index is 0.0137. The molecule has 1 N–H and O–H groups in total. The molecule has 1 atom stereocenters. The van der Waals surface area contributed by atoms with Crippen LogP contribution < -0.4 is 0 Å². The Bertz CT molecular complexity index is 376. The highest BCUT2D eigenvalue weighted by atomic mass is 16.5.